The fourth-order valence-electron chi connectivity index (χ4n) is 2.33. The van der Waals surface area contributed by atoms with Gasteiger partial charge in [0.2, 0.25) is 0 Å². The van der Waals surface area contributed by atoms with Crippen LogP contribution in [0.5, 0.6) is 0 Å². The third-order valence-corrected chi connectivity index (χ3v) is 3.37. The monoisotopic (exact) mass is 302 g/mol. The Balaban J connectivity index is 2.13. The Labute approximate surface area is 130 Å². The molecule has 0 fully saturated rings. The molecule has 0 radical (unpaired) electrons. The molecule has 2 aromatic rings. The van der Waals surface area contributed by atoms with Crippen molar-refractivity contribution in [2.75, 3.05) is 0 Å². The zero-order valence-corrected chi connectivity index (χ0v) is 13.3. The molecule has 0 aliphatic heterocycles. The molecule has 2 rings (SSSR count). The van der Waals surface area contributed by atoms with E-state index in [1.54, 1.807) is 12.5 Å². The molecule has 0 aliphatic carbocycles. The number of carbonyl (C=O) groups excluding carboxylic acids is 1. The normalized spacial score (nSPS) is 12.1. The summed E-state index contributed by atoms with van der Waals surface area (Å²) in [7, 11) is 0. The van der Waals surface area contributed by atoms with Crippen LogP contribution in [0.25, 0.3) is 0 Å². The smallest absolute Gasteiger partial charge is 0.255 e. The van der Waals surface area contributed by atoms with Gasteiger partial charge in [-0.3, -0.25) is 4.79 Å². The van der Waals surface area contributed by atoms with Gasteiger partial charge in [-0.25, -0.2) is 9.97 Å². The maximum atomic E-state index is 12.5. The van der Waals surface area contributed by atoms with Crippen LogP contribution in [0.3, 0.4) is 0 Å². The van der Waals surface area contributed by atoms with E-state index in [0.29, 0.717) is 5.56 Å². The van der Waals surface area contributed by atoms with Crippen LogP contribution in [-0.2, 0) is 13.0 Å². The largest absolute Gasteiger partial charge is 0.342 e. The first-order valence-electron chi connectivity index (χ1n) is 7.64. The molecule has 1 amide bonds. The number of carbonyl (C=O) groups is 1. The summed E-state index contributed by atoms with van der Waals surface area (Å²) in [5.74, 6) is 0.576. The molecule has 0 bridgehead atoms. The van der Waals surface area contributed by atoms with E-state index < -0.39 is 0 Å². The highest BCUT2D eigenvalue weighted by atomic mass is 16.1. The van der Waals surface area contributed by atoms with Crippen molar-refractivity contribution in [3.05, 3.63) is 35.9 Å². The fraction of sp³-hybridized carbons (Fsp3) is 0.533. The average Bonchev–Trinajstić information content (AvgIpc) is 2.97. The predicted octanol–water partition coefficient (Wildman–Crippen LogP) is 1.92. The van der Waals surface area contributed by atoms with Crippen LogP contribution in [0.4, 0.5) is 0 Å². The van der Waals surface area contributed by atoms with Crippen LogP contribution in [0.15, 0.2) is 18.9 Å². The van der Waals surface area contributed by atoms with Gasteiger partial charge < -0.3 is 9.88 Å². The zero-order valence-electron chi connectivity index (χ0n) is 13.3. The highest BCUT2D eigenvalue weighted by Crippen LogP contribution is 2.12. The van der Waals surface area contributed by atoms with E-state index in [9.17, 15) is 4.79 Å². The molecule has 2 aromatic heterocycles. The van der Waals surface area contributed by atoms with Gasteiger partial charge in [-0.2, -0.15) is 0 Å². The molecule has 7 heteroatoms. The van der Waals surface area contributed by atoms with E-state index in [1.165, 1.54) is 6.33 Å². The fourth-order valence-corrected chi connectivity index (χ4v) is 2.33. The first kappa shape index (κ1) is 16.1. The van der Waals surface area contributed by atoms with Crippen LogP contribution in [0, 0.1) is 0 Å². The molecule has 0 aromatic carbocycles. The van der Waals surface area contributed by atoms with E-state index in [4.69, 9.17) is 0 Å². The van der Waals surface area contributed by atoms with E-state index >= 15 is 0 Å². The van der Waals surface area contributed by atoms with Crippen molar-refractivity contribution in [1.29, 1.82) is 0 Å². The molecule has 0 saturated heterocycles. The Hall–Kier alpha value is -2.31. The summed E-state index contributed by atoms with van der Waals surface area (Å²) in [4.78, 5) is 20.6. The second-order valence-corrected chi connectivity index (χ2v) is 5.21. The summed E-state index contributed by atoms with van der Waals surface area (Å²) in [6.07, 6.45) is 7.40. The lowest BCUT2D eigenvalue weighted by Gasteiger charge is -2.15. The molecule has 0 aliphatic rings. The van der Waals surface area contributed by atoms with E-state index in [2.05, 4.69) is 39.3 Å². The molecule has 0 saturated carbocycles. The predicted molar refractivity (Wildman–Crippen MR) is 82.2 cm³/mol. The van der Waals surface area contributed by atoms with Crippen molar-refractivity contribution < 1.29 is 4.79 Å². The van der Waals surface area contributed by atoms with Gasteiger partial charge in [0, 0.05) is 12.7 Å². The molecule has 118 valence electrons. The summed E-state index contributed by atoms with van der Waals surface area (Å²) in [6.45, 7) is 6.88. The van der Waals surface area contributed by atoms with Crippen molar-refractivity contribution in [3.63, 3.8) is 0 Å². The van der Waals surface area contributed by atoms with Gasteiger partial charge in [-0.05, 0) is 19.8 Å². The Morgan fingerprint density at radius 2 is 2.18 bits per heavy atom. The first-order chi connectivity index (χ1) is 10.7. The van der Waals surface area contributed by atoms with E-state index in [1.807, 2.05) is 11.5 Å². The maximum Gasteiger partial charge on any atom is 0.255 e. The van der Waals surface area contributed by atoms with Gasteiger partial charge >= 0.3 is 0 Å². The van der Waals surface area contributed by atoms with Gasteiger partial charge in [0.25, 0.3) is 5.91 Å². The molecule has 2 heterocycles. The molecule has 1 N–H and O–H groups in total. The summed E-state index contributed by atoms with van der Waals surface area (Å²) >= 11 is 0. The minimum atomic E-state index is -0.226. The molecular formula is C15H22N6O. The highest BCUT2D eigenvalue weighted by Gasteiger charge is 2.18. The number of hydrogen-bond acceptors (Lipinski definition) is 5. The zero-order chi connectivity index (χ0) is 15.9. The van der Waals surface area contributed by atoms with Crippen molar-refractivity contribution in [2.24, 2.45) is 0 Å². The van der Waals surface area contributed by atoms with Crippen LogP contribution >= 0.6 is 0 Å². The van der Waals surface area contributed by atoms with Crippen molar-refractivity contribution in [2.45, 2.75) is 52.6 Å². The topological polar surface area (TPSA) is 85.6 Å². The SMILES string of the molecule is CCCc1ncncc1C(=O)NC(C)c1nncn1CCC. The van der Waals surface area contributed by atoms with Gasteiger partial charge in [0.15, 0.2) is 5.82 Å². The first-order valence-corrected chi connectivity index (χ1v) is 7.64. The average molecular weight is 302 g/mol. The standard InChI is InChI=1S/C15H22N6O/c1-4-6-13-12(8-16-9-17-13)15(22)19-11(3)14-20-18-10-21(14)7-5-2/h8-11H,4-7H2,1-3H3,(H,19,22). The molecular weight excluding hydrogens is 280 g/mol. The molecule has 0 spiro atoms. The summed E-state index contributed by atoms with van der Waals surface area (Å²) in [6, 6.07) is -0.226. The second kappa shape index (κ2) is 7.63. The van der Waals surface area contributed by atoms with Gasteiger partial charge in [-0.1, -0.05) is 20.3 Å². The third kappa shape index (κ3) is 3.66. The molecule has 7 nitrogen and oxygen atoms in total. The number of aromatic nitrogens is 5. The number of amides is 1. The Morgan fingerprint density at radius 3 is 2.91 bits per heavy atom. The summed E-state index contributed by atoms with van der Waals surface area (Å²) < 4.78 is 1.96. The second-order valence-electron chi connectivity index (χ2n) is 5.21. The van der Waals surface area contributed by atoms with Crippen LogP contribution in [0.2, 0.25) is 0 Å². The third-order valence-electron chi connectivity index (χ3n) is 3.37. The van der Waals surface area contributed by atoms with Crippen LogP contribution in [-0.4, -0.2) is 30.6 Å². The minimum absolute atomic E-state index is 0.178. The number of nitrogens with one attached hydrogen (secondary N) is 1. The van der Waals surface area contributed by atoms with Crippen LogP contribution in [0.1, 0.15) is 61.5 Å². The lowest BCUT2D eigenvalue weighted by atomic mass is 10.1. The lowest BCUT2D eigenvalue weighted by molar-refractivity contribution is 0.0935. The van der Waals surface area contributed by atoms with Crippen molar-refractivity contribution in [1.82, 2.24) is 30.0 Å². The van der Waals surface area contributed by atoms with E-state index in [0.717, 1.165) is 37.3 Å². The quantitative estimate of drug-likeness (QED) is 0.844. The molecule has 22 heavy (non-hydrogen) atoms. The maximum absolute atomic E-state index is 12.5. The summed E-state index contributed by atoms with van der Waals surface area (Å²) in [5.41, 5.74) is 1.30. The Bertz CT molecular complexity index is 624. The van der Waals surface area contributed by atoms with Crippen LogP contribution < -0.4 is 5.32 Å². The number of aryl methyl sites for hydroxylation is 2. The Morgan fingerprint density at radius 1 is 1.36 bits per heavy atom. The highest BCUT2D eigenvalue weighted by molar-refractivity contribution is 5.95. The number of hydrogen-bond donors (Lipinski definition) is 1. The van der Waals surface area contributed by atoms with Crippen molar-refractivity contribution in [3.8, 4) is 0 Å². The van der Waals surface area contributed by atoms with E-state index in [-0.39, 0.29) is 11.9 Å². The molecule has 1 unspecified atom stereocenters. The lowest BCUT2D eigenvalue weighted by Crippen LogP contribution is -2.30. The molecule has 1 atom stereocenters. The summed E-state index contributed by atoms with van der Waals surface area (Å²) in [5, 5.41) is 11.0. The minimum Gasteiger partial charge on any atom is -0.342 e. The Kier molecular flexibility index (Phi) is 5.57. The number of rotatable bonds is 7. The van der Waals surface area contributed by atoms with Gasteiger partial charge in [0.1, 0.15) is 12.7 Å². The number of nitrogens with zero attached hydrogens (tertiary/aromatic N) is 5. The van der Waals surface area contributed by atoms with Gasteiger partial charge in [-0.15, -0.1) is 10.2 Å². The van der Waals surface area contributed by atoms with Crippen molar-refractivity contribution >= 4 is 5.91 Å². The van der Waals surface area contributed by atoms with Gasteiger partial charge in [0.05, 0.1) is 17.3 Å².